The zero-order chi connectivity index (χ0) is 11.1. The molecule has 0 radical (unpaired) electrons. The summed E-state index contributed by atoms with van der Waals surface area (Å²) in [6, 6.07) is 4.73. The normalized spacial score (nSPS) is 15.1. The lowest BCUT2D eigenvalue weighted by Gasteiger charge is -2.13. The summed E-state index contributed by atoms with van der Waals surface area (Å²) < 4.78 is 13.1. The van der Waals surface area contributed by atoms with Crippen molar-refractivity contribution in [1.29, 1.82) is 0 Å². The molecule has 0 saturated heterocycles. The number of nitrogen functional groups attached to an aromatic ring is 1. The minimum atomic E-state index is -0.223. The summed E-state index contributed by atoms with van der Waals surface area (Å²) in [6.45, 7) is 0. The first kappa shape index (κ1) is 9.58. The molecule has 1 aliphatic rings. The maximum Gasteiger partial charge on any atom is 0.216 e. The lowest BCUT2D eigenvalue weighted by Crippen LogP contribution is -2.21. The molecule has 0 unspecified atom stereocenters. The van der Waals surface area contributed by atoms with Crippen molar-refractivity contribution < 1.29 is 9.37 Å². The highest BCUT2D eigenvalue weighted by Crippen LogP contribution is 2.28. The summed E-state index contributed by atoms with van der Waals surface area (Å²) in [7, 11) is 0. The van der Waals surface area contributed by atoms with Gasteiger partial charge in [-0.05, 0) is 31.4 Å². The van der Waals surface area contributed by atoms with Crippen molar-refractivity contribution in [3.05, 3.63) is 35.3 Å². The van der Waals surface area contributed by atoms with Gasteiger partial charge in [0.15, 0.2) is 5.69 Å². The highest BCUT2D eigenvalue weighted by atomic mass is 19.1. The van der Waals surface area contributed by atoms with Gasteiger partial charge in [0.25, 0.3) is 0 Å². The van der Waals surface area contributed by atoms with Gasteiger partial charge in [-0.25, -0.2) is 9.37 Å². The average molecular weight is 217 g/mol. The van der Waals surface area contributed by atoms with E-state index >= 15 is 0 Å². The van der Waals surface area contributed by atoms with E-state index in [-0.39, 0.29) is 5.82 Å². The van der Waals surface area contributed by atoms with Crippen LogP contribution < -0.4 is 10.7 Å². The Labute approximate surface area is 93.3 Å². The Kier molecular flexibility index (Phi) is 2.06. The summed E-state index contributed by atoms with van der Waals surface area (Å²) in [5.74, 6) is -0.223. The molecule has 0 fully saturated rings. The van der Waals surface area contributed by atoms with Crippen molar-refractivity contribution in [2.24, 2.45) is 0 Å². The fraction of sp³-hybridized carbons (Fsp3) is 0.308. The van der Waals surface area contributed by atoms with Gasteiger partial charge in [-0.1, -0.05) is 0 Å². The molecule has 3 N–H and O–H groups in total. The topological polar surface area (TPSA) is 40.2 Å². The molecule has 1 heterocycles. The Bertz CT molecular complexity index is 563. The zero-order valence-corrected chi connectivity index (χ0v) is 9.02. The molecular weight excluding hydrogens is 203 g/mol. The van der Waals surface area contributed by atoms with E-state index in [4.69, 9.17) is 5.73 Å². The van der Waals surface area contributed by atoms with E-state index in [9.17, 15) is 4.39 Å². The van der Waals surface area contributed by atoms with E-state index in [1.54, 1.807) is 6.07 Å². The summed E-state index contributed by atoms with van der Waals surface area (Å²) in [4.78, 5) is 3.31. The first-order valence-corrected chi connectivity index (χ1v) is 5.67. The van der Waals surface area contributed by atoms with Gasteiger partial charge in [-0.15, -0.1) is 0 Å². The number of benzene rings is 1. The van der Waals surface area contributed by atoms with Gasteiger partial charge in [0.1, 0.15) is 5.82 Å². The van der Waals surface area contributed by atoms with Gasteiger partial charge in [0.05, 0.1) is 11.1 Å². The highest BCUT2D eigenvalue weighted by Gasteiger charge is 2.21. The van der Waals surface area contributed by atoms with Gasteiger partial charge in [-0.2, -0.15) is 0 Å². The maximum atomic E-state index is 13.1. The summed E-state index contributed by atoms with van der Waals surface area (Å²) in [5.41, 5.74) is 10.2. The molecule has 1 aromatic carbocycles. The van der Waals surface area contributed by atoms with E-state index < -0.39 is 0 Å². The molecule has 0 atom stereocenters. The minimum absolute atomic E-state index is 0.223. The average Bonchev–Trinajstić information content (AvgIpc) is 2.29. The number of hydrogen-bond acceptors (Lipinski definition) is 1. The number of nitrogens with one attached hydrogen (secondary N) is 1. The van der Waals surface area contributed by atoms with Crippen molar-refractivity contribution in [2.45, 2.75) is 25.7 Å². The number of aryl methyl sites for hydroxylation is 1. The van der Waals surface area contributed by atoms with Crippen LogP contribution in [0.5, 0.6) is 0 Å². The molecule has 16 heavy (non-hydrogen) atoms. The van der Waals surface area contributed by atoms with Crippen LogP contribution in [-0.2, 0) is 12.8 Å². The molecule has 3 heteroatoms. The molecule has 0 bridgehead atoms. The third kappa shape index (κ3) is 1.35. The zero-order valence-electron chi connectivity index (χ0n) is 9.02. The Morgan fingerprint density at radius 1 is 1.19 bits per heavy atom. The van der Waals surface area contributed by atoms with Crippen LogP contribution in [0, 0.1) is 5.82 Å². The van der Waals surface area contributed by atoms with Crippen LogP contribution in [0.3, 0.4) is 0 Å². The number of rotatable bonds is 0. The SMILES string of the molecule is Nc1c2c([nH+]c3cc(F)ccc13)CCCC2. The number of halogens is 1. The Morgan fingerprint density at radius 2 is 2.00 bits per heavy atom. The predicted octanol–water partition coefficient (Wildman–Crippen LogP) is 2.25. The summed E-state index contributed by atoms with van der Waals surface area (Å²) >= 11 is 0. The van der Waals surface area contributed by atoms with Crippen molar-refractivity contribution in [2.75, 3.05) is 5.73 Å². The van der Waals surface area contributed by atoms with Crippen LogP contribution in [0.15, 0.2) is 18.2 Å². The smallest absolute Gasteiger partial charge is 0.216 e. The Morgan fingerprint density at radius 3 is 2.88 bits per heavy atom. The van der Waals surface area contributed by atoms with Gasteiger partial charge < -0.3 is 5.73 Å². The third-order valence-corrected chi connectivity index (χ3v) is 3.35. The van der Waals surface area contributed by atoms with Gasteiger partial charge in [0.2, 0.25) is 5.52 Å². The molecule has 82 valence electrons. The van der Waals surface area contributed by atoms with Crippen LogP contribution in [-0.4, -0.2) is 0 Å². The standard InChI is InChI=1S/C13H13FN2/c14-8-5-6-10-12(7-8)16-11-4-2-1-3-9(11)13(10)15/h5-7H,1-4H2,(H2,15,16)/p+1. The quantitative estimate of drug-likeness (QED) is 0.722. The first-order chi connectivity index (χ1) is 7.75. The second kappa shape index (κ2) is 3.44. The van der Waals surface area contributed by atoms with Crippen molar-refractivity contribution in [3.63, 3.8) is 0 Å². The molecule has 0 amide bonds. The van der Waals surface area contributed by atoms with E-state index in [2.05, 4.69) is 4.98 Å². The highest BCUT2D eigenvalue weighted by molar-refractivity contribution is 5.89. The van der Waals surface area contributed by atoms with Crippen LogP contribution in [0.2, 0.25) is 0 Å². The molecule has 0 saturated carbocycles. The van der Waals surface area contributed by atoms with Crippen molar-refractivity contribution >= 4 is 16.6 Å². The molecule has 1 aliphatic carbocycles. The molecule has 3 rings (SSSR count). The van der Waals surface area contributed by atoms with Crippen molar-refractivity contribution in [1.82, 2.24) is 0 Å². The van der Waals surface area contributed by atoms with Gasteiger partial charge in [0, 0.05) is 18.1 Å². The first-order valence-electron chi connectivity index (χ1n) is 5.67. The number of nitrogens with two attached hydrogens (primary N) is 1. The molecular formula is C13H14FN2+. The van der Waals surface area contributed by atoms with Gasteiger partial charge in [-0.3, -0.25) is 0 Å². The number of hydrogen-bond donors (Lipinski definition) is 1. The monoisotopic (exact) mass is 217 g/mol. The largest absolute Gasteiger partial charge is 0.398 e. The number of aromatic amines is 1. The van der Waals surface area contributed by atoms with Crippen molar-refractivity contribution in [3.8, 4) is 0 Å². The minimum Gasteiger partial charge on any atom is -0.398 e. The van der Waals surface area contributed by atoms with Crippen LogP contribution in [0.1, 0.15) is 24.1 Å². The predicted molar refractivity (Wildman–Crippen MR) is 61.5 cm³/mol. The summed E-state index contributed by atoms with van der Waals surface area (Å²) in [5, 5.41) is 0.932. The number of pyridine rings is 1. The summed E-state index contributed by atoms with van der Waals surface area (Å²) in [6.07, 6.45) is 4.43. The van der Waals surface area contributed by atoms with Crippen LogP contribution >= 0.6 is 0 Å². The van der Waals surface area contributed by atoms with E-state index in [0.29, 0.717) is 0 Å². The molecule has 2 nitrogen and oxygen atoms in total. The number of aromatic nitrogens is 1. The lowest BCUT2D eigenvalue weighted by molar-refractivity contribution is -0.359. The van der Waals surface area contributed by atoms with E-state index in [0.717, 1.165) is 29.4 Å². The van der Waals surface area contributed by atoms with Crippen LogP contribution in [0.4, 0.5) is 10.1 Å². The molecule has 0 aliphatic heterocycles. The molecule has 1 aromatic heterocycles. The van der Waals surface area contributed by atoms with E-state index in [1.807, 2.05) is 0 Å². The number of fused-ring (bicyclic) bond motifs is 2. The number of anilines is 1. The number of H-pyrrole nitrogens is 1. The second-order valence-corrected chi connectivity index (χ2v) is 4.39. The Hall–Kier alpha value is -1.64. The van der Waals surface area contributed by atoms with Crippen LogP contribution in [0.25, 0.3) is 10.9 Å². The fourth-order valence-electron chi connectivity index (χ4n) is 2.52. The second-order valence-electron chi connectivity index (χ2n) is 4.39. The lowest BCUT2D eigenvalue weighted by atomic mass is 9.93. The van der Waals surface area contributed by atoms with Gasteiger partial charge >= 0.3 is 0 Å². The fourth-order valence-corrected chi connectivity index (χ4v) is 2.52. The maximum absolute atomic E-state index is 13.1. The van der Waals surface area contributed by atoms with E-state index in [1.165, 1.54) is 36.2 Å². The Balaban J connectivity index is 2.34. The molecule has 2 aromatic rings. The third-order valence-electron chi connectivity index (χ3n) is 3.35. The molecule has 0 spiro atoms.